The van der Waals surface area contributed by atoms with Crippen molar-refractivity contribution in [2.75, 3.05) is 5.32 Å². The molecule has 1 heterocycles. The molecule has 0 radical (unpaired) electrons. The predicted molar refractivity (Wildman–Crippen MR) is 82.2 cm³/mol. The molecule has 1 aromatic carbocycles. The first-order valence-electron chi connectivity index (χ1n) is 5.46. The smallest absolute Gasteiger partial charge is 0.147 e. The van der Waals surface area contributed by atoms with Gasteiger partial charge in [-0.2, -0.15) is 0 Å². The number of rotatable bonds is 3. The van der Waals surface area contributed by atoms with Gasteiger partial charge in [-0.25, -0.2) is 9.37 Å². The van der Waals surface area contributed by atoms with Crippen molar-refractivity contribution in [1.29, 1.82) is 0 Å². The molecule has 0 fully saturated rings. The van der Waals surface area contributed by atoms with Crippen molar-refractivity contribution in [1.82, 2.24) is 4.98 Å². The summed E-state index contributed by atoms with van der Waals surface area (Å²) in [4.78, 5) is 4.55. The summed E-state index contributed by atoms with van der Waals surface area (Å²) in [5, 5.41) is 2.91. The molecule has 0 spiro atoms. The standard InChI is InChI=1S/C13H11BrFN3S/c1-7-4-8(13(16)19)5-12(17-7)18-11-3-2-9(14)6-10(11)15/h2-6H,1H3,(H2,16,19)(H,17,18). The summed E-state index contributed by atoms with van der Waals surface area (Å²) in [6.07, 6.45) is 0. The molecule has 0 aliphatic heterocycles. The third-order valence-electron chi connectivity index (χ3n) is 2.43. The van der Waals surface area contributed by atoms with E-state index < -0.39 is 0 Å². The monoisotopic (exact) mass is 339 g/mol. The van der Waals surface area contributed by atoms with Crippen molar-refractivity contribution in [2.45, 2.75) is 6.92 Å². The summed E-state index contributed by atoms with van der Waals surface area (Å²) in [5.41, 5.74) is 7.38. The number of thiocarbonyl (C=S) groups is 1. The number of nitrogens with zero attached hydrogens (tertiary/aromatic N) is 1. The minimum atomic E-state index is -0.366. The van der Waals surface area contributed by atoms with Crippen LogP contribution in [0.15, 0.2) is 34.8 Å². The zero-order valence-corrected chi connectivity index (χ0v) is 12.5. The maximum Gasteiger partial charge on any atom is 0.147 e. The molecule has 0 unspecified atom stereocenters. The van der Waals surface area contributed by atoms with E-state index in [0.717, 1.165) is 5.69 Å². The molecule has 3 N–H and O–H groups in total. The van der Waals surface area contributed by atoms with Crippen molar-refractivity contribution < 1.29 is 4.39 Å². The average molecular weight is 340 g/mol. The Balaban J connectivity index is 2.35. The number of anilines is 2. The fourth-order valence-electron chi connectivity index (χ4n) is 1.60. The number of halogens is 2. The largest absolute Gasteiger partial charge is 0.389 e. The van der Waals surface area contributed by atoms with Gasteiger partial charge in [0.2, 0.25) is 0 Å². The van der Waals surface area contributed by atoms with Crippen LogP contribution in [-0.4, -0.2) is 9.97 Å². The van der Waals surface area contributed by atoms with E-state index in [1.807, 2.05) is 6.92 Å². The molecular formula is C13H11BrFN3S. The zero-order valence-electron chi connectivity index (χ0n) is 10.1. The predicted octanol–water partition coefficient (Wildman–Crippen LogP) is 3.67. The Morgan fingerprint density at radius 3 is 2.74 bits per heavy atom. The topological polar surface area (TPSA) is 50.9 Å². The third kappa shape index (κ3) is 3.48. The number of aromatic nitrogens is 1. The summed E-state index contributed by atoms with van der Waals surface area (Å²) < 4.78 is 14.4. The first kappa shape index (κ1) is 13.9. The average Bonchev–Trinajstić information content (AvgIpc) is 2.32. The molecule has 0 aliphatic rings. The molecular weight excluding hydrogens is 329 g/mol. The number of hydrogen-bond donors (Lipinski definition) is 2. The second-order valence-corrected chi connectivity index (χ2v) is 5.35. The fourth-order valence-corrected chi connectivity index (χ4v) is 2.05. The van der Waals surface area contributed by atoms with Crippen molar-refractivity contribution >= 4 is 44.6 Å². The molecule has 3 nitrogen and oxygen atoms in total. The van der Waals surface area contributed by atoms with Crippen molar-refractivity contribution in [3.63, 3.8) is 0 Å². The van der Waals surface area contributed by atoms with Crippen molar-refractivity contribution in [3.05, 3.63) is 51.9 Å². The lowest BCUT2D eigenvalue weighted by Crippen LogP contribution is -2.11. The molecule has 6 heteroatoms. The van der Waals surface area contributed by atoms with Gasteiger partial charge in [0.1, 0.15) is 16.6 Å². The maximum absolute atomic E-state index is 13.7. The first-order chi connectivity index (χ1) is 8.95. The van der Waals surface area contributed by atoms with E-state index in [1.165, 1.54) is 6.07 Å². The Morgan fingerprint density at radius 1 is 1.37 bits per heavy atom. The minimum absolute atomic E-state index is 0.282. The Hall–Kier alpha value is -1.53. The van der Waals surface area contributed by atoms with Gasteiger partial charge >= 0.3 is 0 Å². The van der Waals surface area contributed by atoms with Gasteiger partial charge in [-0.3, -0.25) is 0 Å². The number of hydrogen-bond acceptors (Lipinski definition) is 3. The lowest BCUT2D eigenvalue weighted by atomic mass is 10.2. The Kier molecular flexibility index (Phi) is 4.11. The lowest BCUT2D eigenvalue weighted by molar-refractivity contribution is 0.631. The van der Waals surface area contributed by atoms with E-state index in [0.29, 0.717) is 21.5 Å². The number of benzene rings is 1. The highest BCUT2D eigenvalue weighted by atomic mass is 79.9. The number of aryl methyl sites for hydroxylation is 1. The van der Waals surface area contributed by atoms with E-state index in [2.05, 4.69) is 26.2 Å². The van der Waals surface area contributed by atoms with Crippen LogP contribution < -0.4 is 11.1 Å². The van der Waals surface area contributed by atoms with Gasteiger partial charge in [-0.15, -0.1) is 0 Å². The van der Waals surface area contributed by atoms with E-state index in [9.17, 15) is 4.39 Å². The van der Waals surface area contributed by atoms with Gasteiger partial charge in [0, 0.05) is 15.7 Å². The van der Waals surface area contributed by atoms with Gasteiger partial charge in [0.05, 0.1) is 5.69 Å². The number of pyridine rings is 1. The summed E-state index contributed by atoms with van der Waals surface area (Å²) in [6.45, 7) is 1.82. The molecule has 98 valence electrons. The Labute approximate surface area is 124 Å². The van der Waals surface area contributed by atoms with Gasteiger partial charge < -0.3 is 11.1 Å². The van der Waals surface area contributed by atoms with Gasteiger partial charge in [0.15, 0.2) is 0 Å². The van der Waals surface area contributed by atoms with Crippen LogP contribution in [0.1, 0.15) is 11.3 Å². The zero-order chi connectivity index (χ0) is 14.0. The summed E-state index contributed by atoms with van der Waals surface area (Å²) in [7, 11) is 0. The van der Waals surface area contributed by atoms with Gasteiger partial charge in [-0.05, 0) is 37.3 Å². The molecule has 19 heavy (non-hydrogen) atoms. The quantitative estimate of drug-likeness (QED) is 0.837. The van der Waals surface area contributed by atoms with Crippen LogP contribution in [0.2, 0.25) is 0 Å². The highest BCUT2D eigenvalue weighted by Gasteiger charge is 2.06. The third-order valence-corrected chi connectivity index (χ3v) is 3.16. The fraction of sp³-hybridized carbons (Fsp3) is 0.0769. The molecule has 1 aromatic heterocycles. The van der Waals surface area contributed by atoms with E-state index in [4.69, 9.17) is 18.0 Å². The van der Waals surface area contributed by atoms with Crippen LogP contribution in [-0.2, 0) is 0 Å². The molecule has 0 bridgehead atoms. The van der Waals surface area contributed by atoms with Crippen LogP contribution >= 0.6 is 28.1 Å². The van der Waals surface area contributed by atoms with Crippen LogP contribution in [0.3, 0.4) is 0 Å². The Morgan fingerprint density at radius 2 is 2.11 bits per heavy atom. The maximum atomic E-state index is 13.7. The summed E-state index contributed by atoms with van der Waals surface area (Å²) in [6, 6.07) is 8.23. The van der Waals surface area contributed by atoms with Gasteiger partial charge in [0.25, 0.3) is 0 Å². The van der Waals surface area contributed by atoms with Gasteiger partial charge in [-0.1, -0.05) is 28.1 Å². The number of nitrogens with two attached hydrogens (primary N) is 1. The van der Waals surface area contributed by atoms with Crippen LogP contribution in [0.4, 0.5) is 15.9 Å². The first-order valence-corrected chi connectivity index (χ1v) is 6.66. The summed E-state index contributed by atoms with van der Waals surface area (Å²) >= 11 is 8.14. The highest BCUT2D eigenvalue weighted by molar-refractivity contribution is 9.10. The van der Waals surface area contributed by atoms with Crippen LogP contribution in [0, 0.1) is 12.7 Å². The molecule has 2 rings (SSSR count). The minimum Gasteiger partial charge on any atom is -0.389 e. The molecule has 2 aromatic rings. The van der Waals surface area contributed by atoms with E-state index in [-0.39, 0.29) is 10.8 Å². The molecule has 0 amide bonds. The highest BCUT2D eigenvalue weighted by Crippen LogP contribution is 2.23. The lowest BCUT2D eigenvalue weighted by Gasteiger charge is -2.09. The van der Waals surface area contributed by atoms with E-state index >= 15 is 0 Å². The second kappa shape index (κ2) is 5.63. The van der Waals surface area contributed by atoms with Crippen LogP contribution in [0.25, 0.3) is 0 Å². The Bertz CT molecular complexity index is 646. The van der Waals surface area contributed by atoms with Crippen LogP contribution in [0.5, 0.6) is 0 Å². The second-order valence-electron chi connectivity index (χ2n) is 4.00. The van der Waals surface area contributed by atoms with Crippen molar-refractivity contribution in [2.24, 2.45) is 5.73 Å². The molecule has 0 saturated heterocycles. The molecule has 0 atom stereocenters. The van der Waals surface area contributed by atoms with E-state index in [1.54, 1.807) is 24.3 Å². The molecule has 0 aliphatic carbocycles. The summed E-state index contributed by atoms with van der Waals surface area (Å²) in [5.74, 6) is 0.138. The normalized spacial score (nSPS) is 10.3. The number of nitrogens with one attached hydrogen (secondary N) is 1. The van der Waals surface area contributed by atoms with Crippen molar-refractivity contribution in [3.8, 4) is 0 Å². The molecule has 0 saturated carbocycles. The SMILES string of the molecule is Cc1cc(C(N)=S)cc(Nc2ccc(Br)cc2F)n1.